The lowest BCUT2D eigenvalue weighted by Crippen LogP contribution is -2.29. The van der Waals surface area contributed by atoms with Gasteiger partial charge in [-0.25, -0.2) is 4.98 Å². The minimum Gasteiger partial charge on any atom is -0.348 e. The number of carbonyl (C=O) groups is 1. The van der Waals surface area contributed by atoms with Crippen LogP contribution >= 0.6 is 11.3 Å². The molecule has 1 N–H and O–H groups in total. The van der Waals surface area contributed by atoms with E-state index in [-0.39, 0.29) is 5.91 Å². The molecule has 2 heterocycles. The summed E-state index contributed by atoms with van der Waals surface area (Å²) in [7, 11) is 0. The minimum atomic E-state index is -0.0995. The molecule has 5 heteroatoms. The number of benzene rings is 2. The number of nitrogens with zero attached hydrogens (tertiary/aromatic N) is 2. The number of hydrogen-bond acceptors (Lipinski definition) is 4. The van der Waals surface area contributed by atoms with Gasteiger partial charge in [0.15, 0.2) is 5.13 Å². The zero-order valence-corrected chi connectivity index (χ0v) is 16.3. The summed E-state index contributed by atoms with van der Waals surface area (Å²) in [5.74, 6) is -0.0995. The molecule has 1 fully saturated rings. The molecular weight excluding hydrogens is 354 g/mol. The summed E-state index contributed by atoms with van der Waals surface area (Å²) < 4.78 is 0. The molecule has 1 aliphatic heterocycles. The topological polar surface area (TPSA) is 45.2 Å². The van der Waals surface area contributed by atoms with Crippen molar-refractivity contribution < 1.29 is 4.79 Å². The van der Waals surface area contributed by atoms with Crippen LogP contribution in [0.4, 0.5) is 10.8 Å². The van der Waals surface area contributed by atoms with E-state index in [1.807, 2.05) is 42.5 Å². The number of anilines is 2. The van der Waals surface area contributed by atoms with Gasteiger partial charge < -0.3 is 10.2 Å². The number of nitrogens with one attached hydrogen (secondary N) is 1. The van der Waals surface area contributed by atoms with Crippen LogP contribution in [0.1, 0.15) is 34.5 Å². The van der Waals surface area contributed by atoms with Crippen molar-refractivity contribution in [2.45, 2.75) is 26.2 Å². The summed E-state index contributed by atoms with van der Waals surface area (Å²) in [4.78, 5) is 20.9. The minimum absolute atomic E-state index is 0.0995. The Morgan fingerprint density at radius 1 is 1.00 bits per heavy atom. The first-order valence-electron chi connectivity index (χ1n) is 9.40. The fourth-order valence-corrected chi connectivity index (χ4v) is 4.33. The highest BCUT2D eigenvalue weighted by Gasteiger charge is 2.23. The lowest BCUT2D eigenvalue weighted by atomic mass is 10.1. The standard InChI is InChI=1S/C22H23N3OS/c1-16-10-12-17(13-11-16)19-20(21(26)23-18-8-4-2-5-9-18)27-22(24-19)25-14-6-3-7-15-25/h2,4-5,8-13H,3,6-7,14-15H2,1H3,(H,23,26). The molecule has 4 rings (SSSR count). The Kier molecular flexibility index (Phi) is 5.21. The van der Waals surface area contributed by atoms with Crippen molar-refractivity contribution in [1.82, 2.24) is 4.98 Å². The molecule has 0 aliphatic carbocycles. The molecule has 0 atom stereocenters. The first-order valence-corrected chi connectivity index (χ1v) is 10.2. The zero-order chi connectivity index (χ0) is 18.6. The monoisotopic (exact) mass is 377 g/mol. The fraction of sp³-hybridized carbons (Fsp3) is 0.273. The van der Waals surface area contributed by atoms with Crippen LogP contribution in [0.5, 0.6) is 0 Å². The summed E-state index contributed by atoms with van der Waals surface area (Å²) >= 11 is 1.50. The van der Waals surface area contributed by atoms with E-state index in [0.717, 1.165) is 35.2 Å². The molecule has 0 radical (unpaired) electrons. The molecule has 1 amide bonds. The largest absolute Gasteiger partial charge is 0.348 e. The molecule has 27 heavy (non-hydrogen) atoms. The number of carbonyl (C=O) groups excluding carboxylic acids is 1. The molecule has 0 saturated carbocycles. The number of para-hydroxylation sites is 1. The van der Waals surface area contributed by atoms with E-state index in [1.54, 1.807) is 0 Å². The van der Waals surface area contributed by atoms with Gasteiger partial charge in [0.2, 0.25) is 0 Å². The summed E-state index contributed by atoms with van der Waals surface area (Å²) in [5.41, 5.74) is 3.75. The second-order valence-electron chi connectivity index (χ2n) is 6.91. The van der Waals surface area contributed by atoms with Crippen LogP contribution in [-0.2, 0) is 0 Å². The molecule has 0 unspecified atom stereocenters. The van der Waals surface area contributed by atoms with Crippen molar-refractivity contribution >= 4 is 28.1 Å². The number of piperidine rings is 1. The SMILES string of the molecule is Cc1ccc(-c2nc(N3CCCCC3)sc2C(=O)Nc2ccccc2)cc1. The van der Waals surface area contributed by atoms with Crippen molar-refractivity contribution in [3.05, 3.63) is 65.0 Å². The van der Waals surface area contributed by atoms with Crippen LogP contribution in [0.2, 0.25) is 0 Å². The molecule has 138 valence electrons. The molecule has 4 nitrogen and oxygen atoms in total. The maximum absolute atomic E-state index is 13.0. The fourth-order valence-electron chi connectivity index (χ4n) is 3.30. The van der Waals surface area contributed by atoms with E-state index in [1.165, 1.54) is 36.2 Å². The van der Waals surface area contributed by atoms with Crippen molar-refractivity contribution in [2.24, 2.45) is 0 Å². The van der Waals surface area contributed by atoms with Crippen LogP contribution in [0, 0.1) is 6.92 Å². The van der Waals surface area contributed by atoms with Crippen molar-refractivity contribution in [1.29, 1.82) is 0 Å². The van der Waals surface area contributed by atoms with Crippen molar-refractivity contribution in [3.8, 4) is 11.3 Å². The smallest absolute Gasteiger partial charge is 0.268 e. The molecule has 0 spiro atoms. The molecule has 1 aliphatic rings. The van der Waals surface area contributed by atoms with Gasteiger partial charge in [0.1, 0.15) is 4.88 Å². The quantitative estimate of drug-likeness (QED) is 0.665. The van der Waals surface area contributed by atoms with Gasteiger partial charge in [-0.1, -0.05) is 59.4 Å². The van der Waals surface area contributed by atoms with Gasteiger partial charge in [0.05, 0.1) is 5.69 Å². The molecule has 1 aromatic heterocycles. The highest BCUT2D eigenvalue weighted by atomic mass is 32.1. The van der Waals surface area contributed by atoms with Gasteiger partial charge in [-0.05, 0) is 38.3 Å². The number of amides is 1. The lowest BCUT2D eigenvalue weighted by Gasteiger charge is -2.25. The predicted octanol–water partition coefficient (Wildman–Crippen LogP) is 5.36. The van der Waals surface area contributed by atoms with Crippen molar-refractivity contribution in [2.75, 3.05) is 23.3 Å². The molecule has 3 aromatic rings. The first kappa shape index (κ1) is 17.7. The summed E-state index contributed by atoms with van der Waals surface area (Å²) in [6.45, 7) is 4.09. The number of hydrogen-bond donors (Lipinski definition) is 1. The van der Waals surface area contributed by atoms with Crippen LogP contribution in [0.3, 0.4) is 0 Å². The Balaban J connectivity index is 1.70. The third kappa shape index (κ3) is 4.03. The van der Waals surface area contributed by atoms with Crippen LogP contribution in [0.25, 0.3) is 11.3 Å². The van der Waals surface area contributed by atoms with E-state index < -0.39 is 0 Å². The van der Waals surface area contributed by atoms with Gasteiger partial charge in [0, 0.05) is 24.3 Å². The molecule has 0 bridgehead atoms. The Bertz CT molecular complexity index is 912. The first-order chi connectivity index (χ1) is 13.2. The summed E-state index contributed by atoms with van der Waals surface area (Å²) in [5, 5.41) is 3.96. The van der Waals surface area contributed by atoms with Gasteiger partial charge >= 0.3 is 0 Å². The lowest BCUT2D eigenvalue weighted by molar-refractivity contribution is 0.103. The van der Waals surface area contributed by atoms with Crippen LogP contribution < -0.4 is 10.2 Å². The van der Waals surface area contributed by atoms with E-state index in [0.29, 0.717) is 4.88 Å². The van der Waals surface area contributed by atoms with Gasteiger partial charge in [-0.15, -0.1) is 0 Å². The second kappa shape index (κ2) is 7.92. The van der Waals surface area contributed by atoms with E-state index >= 15 is 0 Å². The Hall–Kier alpha value is -2.66. The maximum Gasteiger partial charge on any atom is 0.268 e. The molecule has 1 saturated heterocycles. The second-order valence-corrected chi connectivity index (χ2v) is 7.89. The average molecular weight is 378 g/mol. The van der Waals surface area contributed by atoms with E-state index in [4.69, 9.17) is 4.98 Å². The summed E-state index contributed by atoms with van der Waals surface area (Å²) in [6.07, 6.45) is 3.64. The number of thiazole rings is 1. The highest BCUT2D eigenvalue weighted by molar-refractivity contribution is 7.18. The summed E-state index contributed by atoms with van der Waals surface area (Å²) in [6, 6.07) is 17.8. The van der Waals surface area contributed by atoms with Crippen LogP contribution in [-0.4, -0.2) is 24.0 Å². The Morgan fingerprint density at radius 3 is 2.41 bits per heavy atom. The number of rotatable bonds is 4. The van der Waals surface area contributed by atoms with Gasteiger partial charge in [0.25, 0.3) is 5.91 Å². The van der Waals surface area contributed by atoms with Gasteiger partial charge in [-0.3, -0.25) is 4.79 Å². The van der Waals surface area contributed by atoms with Crippen molar-refractivity contribution in [3.63, 3.8) is 0 Å². The average Bonchev–Trinajstić information content (AvgIpc) is 3.16. The maximum atomic E-state index is 13.0. The highest BCUT2D eigenvalue weighted by Crippen LogP contribution is 2.35. The van der Waals surface area contributed by atoms with Crippen LogP contribution in [0.15, 0.2) is 54.6 Å². The third-order valence-electron chi connectivity index (χ3n) is 4.81. The third-order valence-corrected chi connectivity index (χ3v) is 5.92. The molecule has 2 aromatic carbocycles. The number of aromatic nitrogens is 1. The molecular formula is C22H23N3OS. The normalized spacial score (nSPS) is 14.2. The Labute approximate surface area is 163 Å². The zero-order valence-electron chi connectivity index (χ0n) is 15.4. The number of aryl methyl sites for hydroxylation is 1. The predicted molar refractivity (Wildman–Crippen MR) is 113 cm³/mol. The van der Waals surface area contributed by atoms with E-state index in [9.17, 15) is 4.79 Å². The Morgan fingerprint density at radius 2 is 1.70 bits per heavy atom. The van der Waals surface area contributed by atoms with E-state index in [2.05, 4.69) is 29.3 Å². The van der Waals surface area contributed by atoms with Gasteiger partial charge in [-0.2, -0.15) is 0 Å².